The first kappa shape index (κ1) is 14.9. The summed E-state index contributed by atoms with van der Waals surface area (Å²) in [6.07, 6.45) is 0.970. The minimum Gasteiger partial charge on any atom is -0.368 e. The number of aryl methyl sites for hydroxylation is 1. The molecule has 0 amide bonds. The summed E-state index contributed by atoms with van der Waals surface area (Å²) in [7, 11) is 1.56. The summed E-state index contributed by atoms with van der Waals surface area (Å²) in [6, 6.07) is 2.03. The molecule has 0 bridgehead atoms. The highest BCUT2D eigenvalue weighted by Gasteiger charge is 2.04. The van der Waals surface area contributed by atoms with Crippen molar-refractivity contribution in [3.05, 3.63) is 27.3 Å². The van der Waals surface area contributed by atoms with Crippen LogP contribution in [0.1, 0.15) is 5.69 Å². The van der Waals surface area contributed by atoms with Gasteiger partial charge in [0.15, 0.2) is 5.84 Å². The molecule has 0 spiro atoms. The normalized spacial score (nSPS) is 11.5. The van der Waals surface area contributed by atoms with Crippen molar-refractivity contribution in [1.82, 2.24) is 9.69 Å². The largest absolute Gasteiger partial charge is 0.368 e. The van der Waals surface area contributed by atoms with Crippen molar-refractivity contribution in [3.63, 3.8) is 0 Å². The van der Waals surface area contributed by atoms with Crippen molar-refractivity contribution in [3.8, 4) is 0 Å². The molecular weight excluding hydrogens is 272 g/mol. The van der Waals surface area contributed by atoms with E-state index in [-0.39, 0.29) is 11.5 Å². The molecule has 1 aromatic heterocycles. The van der Waals surface area contributed by atoms with Gasteiger partial charge in [-0.1, -0.05) is 0 Å². The Labute approximate surface area is 114 Å². The minimum absolute atomic E-state index is 0.236. The van der Waals surface area contributed by atoms with Gasteiger partial charge in [-0.25, -0.2) is 0 Å². The molecule has 0 unspecified atom stereocenters. The summed E-state index contributed by atoms with van der Waals surface area (Å²) in [5.41, 5.74) is 1.13. The van der Waals surface area contributed by atoms with Crippen LogP contribution in [-0.4, -0.2) is 46.8 Å². The van der Waals surface area contributed by atoms with E-state index in [1.54, 1.807) is 18.8 Å². The van der Waals surface area contributed by atoms with Gasteiger partial charge in [0.05, 0.1) is 5.69 Å². The molecule has 100 valence electrons. The zero-order valence-corrected chi connectivity index (χ0v) is 11.8. The second kappa shape index (κ2) is 8.87. The van der Waals surface area contributed by atoms with Crippen molar-refractivity contribution < 1.29 is 4.92 Å². The zero-order chi connectivity index (χ0) is 13.2. The molecule has 0 aliphatic heterocycles. The molecule has 0 aliphatic carbocycles. The second-order valence-corrected chi connectivity index (χ2v) is 5.33. The smallest absolute Gasteiger partial charge is 0.259 e. The van der Waals surface area contributed by atoms with Gasteiger partial charge in [0.2, 0.25) is 0 Å². The zero-order valence-electron chi connectivity index (χ0n) is 10.2. The van der Waals surface area contributed by atoms with E-state index in [2.05, 4.69) is 14.7 Å². The molecule has 8 heteroatoms. The number of thioether (sulfide) groups is 1. The second-order valence-electron chi connectivity index (χ2n) is 3.44. The fourth-order valence-corrected chi connectivity index (χ4v) is 2.61. The molecule has 0 aliphatic rings. The van der Waals surface area contributed by atoms with Gasteiger partial charge in [0.1, 0.15) is 0 Å². The fraction of sp³-hybridized carbons (Fsp3) is 0.600. The van der Waals surface area contributed by atoms with E-state index >= 15 is 0 Å². The summed E-state index contributed by atoms with van der Waals surface area (Å²) < 4.78 is 4.23. The summed E-state index contributed by atoms with van der Waals surface area (Å²) in [6.45, 7) is 0.461. The summed E-state index contributed by atoms with van der Waals surface area (Å²) in [4.78, 5) is 13.8. The highest BCUT2D eigenvalue weighted by Crippen LogP contribution is 2.06. The summed E-state index contributed by atoms with van der Waals surface area (Å²) in [5, 5.41) is 15.3. The molecule has 0 fully saturated rings. The third-order valence-electron chi connectivity index (χ3n) is 2.12. The lowest BCUT2D eigenvalue weighted by atomic mass is 10.3. The van der Waals surface area contributed by atoms with Crippen LogP contribution < -0.4 is 5.32 Å². The maximum Gasteiger partial charge on any atom is 0.259 e. The van der Waals surface area contributed by atoms with E-state index in [9.17, 15) is 10.1 Å². The standard InChI is InChI=1S/C10H16N4O2S2/c1-11-10(8-14(15)16)12-4-7-17-5-2-9-3-6-18-13-9/h3,6H,2,4-5,7-8H2,1H3,(H,11,12). The highest BCUT2D eigenvalue weighted by atomic mass is 32.2. The lowest BCUT2D eigenvalue weighted by molar-refractivity contribution is -0.463. The molecular formula is C10H16N4O2S2. The van der Waals surface area contributed by atoms with Gasteiger partial charge in [0.25, 0.3) is 6.54 Å². The van der Waals surface area contributed by atoms with Crippen LogP contribution in [0.5, 0.6) is 0 Å². The molecule has 1 N–H and O–H groups in total. The van der Waals surface area contributed by atoms with Gasteiger partial charge in [-0.2, -0.15) is 16.1 Å². The predicted molar refractivity (Wildman–Crippen MR) is 76.4 cm³/mol. The molecule has 1 heterocycles. The number of hydrogen-bond donors (Lipinski definition) is 1. The Hall–Kier alpha value is -1.15. The number of aromatic nitrogens is 1. The van der Waals surface area contributed by atoms with Gasteiger partial charge in [-0.3, -0.25) is 15.1 Å². The quantitative estimate of drug-likeness (QED) is 0.256. The van der Waals surface area contributed by atoms with Crippen LogP contribution in [0.4, 0.5) is 0 Å². The SMILES string of the molecule is CN=C(C[N+](=O)[O-])NCCSCCc1ccsn1. The molecule has 0 atom stereocenters. The maximum absolute atomic E-state index is 10.3. The van der Waals surface area contributed by atoms with Crippen LogP contribution in [0.3, 0.4) is 0 Å². The Morgan fingerprint density at radius 1 is 1.67 bits per heavy atom. The Balaban J connectivity index is 2.02. The van der Waals surface area contributed by atoms with Gasteiger partial charge < -0.3 is 5.32 Å². The van der Waals surface area contributed by atoms with E-state index in [1.165, 1.54) is 11.5 Å². The van der Waals surface area contributed by atoms with E-state index in [1.807, 2.05) is 11.4 Å². The molecule has 0 radical (unpaired) electrons. The third kappa shape index (κ3) is 6.55. The van der Waals surface area contributed by atoms with E-state index < -0.39 is 0 Å². The molecule has 0 saturated heterocycles. The van der Waals surface area contributed by atoms with Crippen molar-refractivity contribution >= 4 is 29.1 Å². The number of aliphatic imine (C=N–C) groups is 1. The molecule has 0 aromatic carbocycles. The molecule has 18 heavy (non-hydrogen) atoms. The number of nitro groups is 1. The van der Waals surface area contributed by atoms with Crippen molar-refractivity contribution in [1.29, 1.82) is 0 Å². The maximum atomic E-state index is 10.3. The fourth-order valence-electron chi connectivity index (χ4n) is 1.24. The van der Waals surface area contributed by atoms with Crippen molar-refractivity contribution in [2.45, 2.75) is 6.42 Å². The highest BCUT2D eigenvalue weighted by molar-refractivity contribution is 7.99. The third-order valence-corrected chi connectivity index (χ3v) is 3.70. The van der Waals surface area contributed by atoms with Crippen molar-refractivity contribution in [2.24, 2.45) is 4.99 Å². The average Bonchev–Trinajstić information content (AvgIpc) is 2.84. The number of rotatable bonds is 8. The Morgan fingerprint density at radius 3 is 3.11 bits per heavy atom. The molecule has 1 aromatic rings. The lowest BCUT2D eigenvalue weighted by Crippen LogP contribution is -2.31. The van der Waals surface area contributed by atoms with Crippen LogP contribution in [0.2, 0.25) is 0 Å². The van der Waals surface area contributed by atoms with E-state index in [4.69, 9.17) is 0 Å². The number of nitrogens with zero attached hydrogens (tertiary/aromatic N) is 3. The van der Waals surface area contributed by atoms with Crippen LogP contribution in [-0.2, 0) is 6.42 Å². The van der Waals surface area contributed by atoms with Gasteiger partial charge >= 0.3 is 0 Å². The topological polar surface area (TPSA) is 80.4 Å². The van der Waals surface area contributed by atoms with Crippen LogP contribution in [0, 0.1) is 10.1 Å². The Kier molecular flexibility index (Phi) is 7.35. The molecule has 6 nitrogen and oxygen atoms in total. The molecule has 1 rings (SSSR count). The first-order valence-electron chi connectivity index (χ1n) is 5.50. The van der Waals surface area contributed by atoms with E-state index in [0.717, 1.165) is 23.6 Å². The summed E-state index contributed by atoms with van der Waals surface area (Å²) >= 11 is 3.27. The number of nitrogens with one attached hydrogen (secondary N) is 1. The van der Waals surface area contributed by atoms with Crippen molar-refractivity contribution in [2.75, 3.05) is 31.6 Å². The van der Waals surface area contributed by atoms with Gasteiger partial charge in [-0.15, -0.1) is 0 Å². The lowest BCUT2D eigenvalue weighted by Gasteiger charge is -2.05. The Bertz CT molecular complexity index is 381. The monoisotopic (exact) mass is 288 g/mol. The molecule has 0 saturated carbocycles. The first-order valence-corrected chi connectivity index (χ1v) is 7.50. The summed E-state index contributed by atoms with van der Waals surface area (Å²) in [5.74, 6) is 2.35. The van der Waals surface area contributed by atoms with Crippen LogP contribution in [0.25, 0.3) is 0 Å². The van der Waals surface area contributed by atoms with Gasteiger partial charge in [0, 0.05) is 29.6 Å². The first-order chi connectivity index (χ1) is 8.72. The Morgan fingerprint density at radius 2 is 2.50 bits per heavy atom. The van der Waals surface area contributed by atoms with Crippen LogP contribution >= 0.6 is 23.3 Å². The van der Waals surface area contributed by atoms with E-state index in [0.29, 0.717) is 12.4 Å². The number of hydrogen-bond acceptors (Lipinski definition) is 6. The minimum atomic E-state index is -0.384. The number of amidine groups is 1. The predicted octanol–water partition coefficient (Wildman–Crippen LogP) is 1.31. The van der Waals surface area contributed by atoms with Crippen LogP contribution in [0.15, 0.2) is 16.4 Å². The van der Waals surface area contributed by atoms with Gasteiger partial charge in [-0.05, 0) is 29.8 Å². The average molecular weight is 288 g/mol.